The van der Waals surface area contributed by atoms with E-state index in [0.29, 0.717) is 48.8 Å². The van der Waals surface area contributed by atoms with E-state index in [4.69, 9.17) is 28.6 Å². The largest absolute Gasteiger partial charge is 0.496 e. The molecule has 2 saturated heterocycles. The molecule has 0 aromatic heterocycles. The van der Waals surface area contributed by atoms with Crippen LogP contribution in [0.3, 0.4) is 0 Å². The summed E-state index contributed by atoms with van der Waals surface area (Å²) in [6, 6.07) is 9.10. The van der Waals surface area contributed by atoms with E-state index in [-0.39, 0.29) is 47.7 Å². The van der Waals surface area contributed by atoms with Crippen LogP contribution in [0.25, 0.3) is 11.1 Å². The van der Waals surface area contributed by atoms with Crippen molar-refractivity contribution in [3.8, 4) is 23.0 Å². The van der Waals surface area contributed by atoms with Crippen molar-refractivity contribution in [2.24, 2.45) is 0 Å². The van der Waals surface area contributed by atoms with Crippen molar-refractivity contribution in [3.05, 3.63) is 70.0 Å². The zero-order valence-corrected chi connectivity index (χ0v) is 30.7. The Labute approximate surface area is 302 Å². The number of ether oxygens (including phenoxy) is 4. The van der Waals surface area contributed by atoms with Gasteiger partial charge in [0.2, 0.25) is 0 Å². The molecule has 2 unspecified atom stereocenters. The summed E-state index contributed by atoms with van der Waals surface area (Å²) in [7, 11) is 2.74. The van der Waals surface area contributed by atoms with E-state index >= 15 is 0 Å². The Bertz CT molecular complexity index is 1740. The first-order valence-electron chi connectivity index (χ1n) is 16.7. The number of nitrogens with zero attached hydrogens (tertiary/aromatic N) is 6. The van der Waals surface area contributed by atoms with Gasteiger partial charge in [0.1, 0.15) is 69.6 Å². The SMILES string of the molecule is COc1cc(OC2CCN(OC(C)(C)C)C(=C=O)C2)ccc1C(=[N+]=[N-])C(=O)C(=[N+]=[N-])c1ccc(OC2CCN(OC(C)(C)C)C(=C=O)C2)cc1OC. The number of hydrogen-bond donors (Lipinski definition) is 0. The Hall–Kier alpha value is -5.51. The Morgan fingerprint density at radius 1 is 0.712 bits per heavy atom. The van der Waals surface area contributed by atoms with Gasteiger partial charge in [-0.1, -0.05) is 0 Å². The molecule has 2 fully saturated rings. The lowest BCUT2D eigenvalue weighted by Gasteiger charge is -2.36. The molecule has 2 aliphatic heterocycles. The van der Waals surface area contributed by atoms with E-state index in [0.717, 1.165) is 0 Å². The van der Waals surface area contributed by atoms with Crippen LogP contribution in [-0.4, -0.2) is 99.5 Å². The summed E-state index contributed by atoms with van der Waals surface area (Å²) < 4.78 is 23.3. The van der Waals surface area contributed by atoms with E-state index in [1.807, 2.05) is 53.4 Å². The summed E-state index contributed by atoms with van der Waals surface area (Å²) in [6.45, 7) is 12.2. The fourth-order valence-electron chi connectivity index (χ4n) is 5.70. The van der Waals surface area contributed by atoms with E-state index in [2.05, 4.69) is 9.58 Å². The number of rotatable bonds is 12. The summed E-state index contributed by atoms with van der Waals surface area (Å²) in [5.41, 5.74) is 18.9. The van der Waals surface area contributed by atoms with Crippen LogP contribution in [0, 0.1) is 0 Å². The number of ketones is 1. The molecule has 4 rings (SSSR count). The lowest BCUT2D eigenvalue weighted by Crippen LogP contribution is -2.41. The maximum Gasteiger partial charge on any atom is 0.381 e. The highest BCUT2D eigenvalue weighted by atomic mass is 16.7. The van der Waals surface area contributed by atoms with Gasteiger partial charge in [-0.05, 0) is 65.8 Å². The van der Waals surface area contributed by atoms with Gasteiger partial charge < -0.3 is 30.0 Å². The van der Waals surface area contributed by atoms with Crippen LogP contribution >= 0.6 is 0 Å². The van der Waals surface area contributed by atoms with Gasteiger partial charge in [0, 0.05) is 50.9 Å². The number of carbonyl (C=O) groups excluding carboxylic acids is 3. The lowest BCUT2D eigenvalue weighted by atomic mass is 9.97. The number of hydrogen-bond acceptors (Lipinski definition) is 11. The fraction of sp³-hybridized carbons (Fsp3) is 0.486. The number of methoxy groups -OCH3 is 2. The molecule has 2 aliphatic rings. The van der Waals surface area contributed by atoms with Crippen LogP contribution in [-0.2, 0) is 24.1 Å². The number of hydroxylamine groups is 4. The van der Waals surface area contributed by atoms with E-state index in [1.165, 1.54) is 48.6 Å². The zero-order valence-electron chi connectivity index (χ0n) is 30.7. The first-order chi connectivity index (χ1) is 24.6. The van der Waals surface area contributed by atoms with Crippen molar-refractivity contribution in [3.63, 3.8) is 0 Å². The normalized spacial score (nSPS) is 17.6. The lowest BCUT2D eigenvalue weighted by molar-refractivity contribution is -0.217. The molecule has 0 N–H and O–H groups in total. The number of Topliss-reactive ketones (excluding diaryl/α,β-unsaturated/α-hetero) is 1. The van der Waals surface area contributed by atoms with Crippen molar-refractivity contribution in [1.29, 1.82) is 0 Å². The predicted molar refractivity (Wildman–Crippen MR) is 187 cm³/mol. The van der Waals surface area contributed by atoms with Gasteiger partial charge in [-0.15, -0.1) is 0 Å². The maximum absolute atomic E-state index is 13.8. The quantitative estimate of drug-likeness (QED) is 0.129. The van der Waals surface area contributed by atoms with E-state index < -0.39 is 28.4 Å². The standard InChI is InChI=1S/C37H44N6O9/c1-36(2,3)51-42-15-13-27(17-23(42)21-44)49-25-9-11-29(31(19-25)47-7)33(40-38)35(46)34(41-39)30-12-10-26(20-32(30)48-8)50-28-14-16-43(24(18-28)22-45)52-37(4,5)6/h9-12,19-20,27-28H,13-18H2,1-8H3. The molecule has 0 radical (unpaired) electrons. The van der Waals surface area contributed by atoms with Crippen molar-refractivity contribution >= 4 is 29.1 Å². The van der Waals surface area contributed by atoms with E-state index in [9.17, 15) is 25.4 Å². The minimum Gasteiger partial charge on any atom is -0.496 e. The molecule has 0 bridgehead atoms. The maximum atomic E-state index is 13.8. The van der Waals surface area contributed by atoms with Crippen molar-refractivity contribution in [2.45, 2.75) is 90.6 Å². The van der Waals surface area contributed by atoms with Gasteiger partial charge in [-0.2, -0.15) is 9.58 Å². The van der Waals surface area contributed by atoms with Crippen LogP contribution in [0.2, 0.25) is 0 Å². The second-order valence-corrected chi connectivity index (χ2v) is 14.1. The summed E-state index contributed by atoms with van der Waals surface area (Å²) >= 11 is 0. The summed E-state index contributed by atoms with van der Waals surface area (Å²) in [5.74, 6) is 3.97. The molecule has 0 aliphatic carbocycles. The van der Waals surface area contributed by atoms with Crippen molar-refractivity contribution in [2.75, 3.05) is 27.3 Å². The third-order valence-corrected chi connectivity index (χ3v) is 7.85. The van der Waals surface area contributed by atoms with Gasteiger partial charge in [0.05, 0.1) is 25.4 Å². The Balaban J connectivity index is 1.50. The first kappa shape index (κ1) is 39.3. The van der Waals surface area contributed by atoms with Gasteiger partial charge in [0.25, 0.3) is 0 Å². The molecule has 0 saturated carbocycles. The fourth-order valence-corrected chi connectivity index (χ4v) is 5.70. The minimum atomic E-state index is -0.942. The van der Waals surface area contributed by atoms with Crippen LogP contribution in [0.4, 0.5) is 0 Å². The molecule has 0 amide bonds. The molecule has 0 spiro atoms. The van der Waals surface area contributed by atoms with Crippen LogP contribution in [0.15, 0.2) is 47.8 Å². The molecule has 15 nitrogen and oxygen atoms in total. The monoisotopic (exact) mass is 716 g/mol. The highest BCUT2D eigenvalue weighted by molar-refractivity contribution is 6.70. The number of carbonyl (C=O) groups is 1. The van der Waals surface area contributed by atoms with Crippen molar-refractivity contribution < 1.29 is 52.6 Å². The zero-order chi connectivity index (χ0) is 38.2. The average Bonchev–Trinajstić information content (AvgIpc) is 3.09. The average molecular weight is 717 g/mol. The Morgan fingerprint density at radius 2 is 1.10 bits per heavy atom. The third-order valence-electron chi connectivity index (χ3n) is 7.85. The second-order valence-electron chi connectivity index (χ2n) is 14.1. The van der Waals surface area contributed by atoms with Gasteiger partial charge in [-0.25, -0.2) is 19.7 Å². The number of piperidine rings is 2. The Kier molecular flexibility index (Phi) is 12.6. The molecule has 2 aromatic carbocycles. The third kappa shape index (κ3) is 9.84. The molecule has 2 atom stereocenters. The summed E-state index contributed by atoms with van der Waals surface area (Å²) in [4.78, 5) is 55.3. The Morgan fingerprint density at radius 3 is 1.40 bits per heavy atom. The molecule has 2 heterocycles. The van der Waals surface area contributed by atoms with Gasteiger partial charge in [0.15, 0.2) is 0 Å². The van der Waals surface area contributed by atoms with Crippen LogP contribution in [0.1, 0.15) is 78.4 Å². The molecular weight excluding hydrogens is 672 g/mol. The highest BCUT2D eigenvalue weighted by Gasteiger charge is 2.39. The van der Waals surface area contributed by atoms with Crippen LogP contribution < -0.4 is 18.9 Å². The van der Waals surface area contributed by atoms with Gasteiger partial charge >= 0.3 is 17.2 Å². The topological polar surface area (TPSA) is 186 Å². The van der Waals surface area contributed by atoms with Crippen LogP contribution in [0.5, 0.6) is 23.0 Å². The predicted octanol–water partition coefficient (Wildman–Crippen LogP) is 4.59. The van der Waals surface area contributed by atoms with E-state index in [1.54, 1.807) is 12.1 Å². The second kappa shape index (κ2) is 16.7. The summed E-state index contributed by atoms with van der Waals surface area (Å²) in [6.07, 6.45) is 0.887. The molecule has 276 valence electrons. The highest BCUT2D eigenvalue weighted by Crippen LogP contribution is 2.33. The summed E-state index contributed by atoms with van der Waals surface area (Å²) in [5, 5.41) is 3.08. The molecular formula is C37H44N6O9. The number of benzene rings is 2. The molecule has 15 heteroatoms. The van der Waals surface area contributed by atoms with Gasteiger partial charge in [-0.3, -0.25) is 14.5 Å². The van der Waals surface area contributed by atoms with Crippen molar-refractivity contribution in [1.82, 2.24) is 10.1 Å². The molecule has 2 aromatic rings. The smallest absolute Gasteiger partial charge is 0.381 e. The molecule has 52 heavy (non-hydrogen) atoms. The minimum absolute atomic E-state index is 0.0881. The first-order valence-corrected chi connectivity index (χ1v) is 16.7.